The van der Waals surface area contributed by atoms with Crippen molar-refractivity contribution in [3.05, 3.63) is 70.3 Å². The summed E-state index contributed by atoms with van der Waals surface area (Å²) in [4.78, 5) is 80.0. The smallest absolute Gasteiger partial charge is 0.276 e. The van der Waals surface area contributed by atoms with E-state index >= 15 is 0 Å². The topological polar surface area (TPSA) is 279 Å². The molecular weight excluding hydrogens is 903 g/mol. The van der Waals surface area contributed by atoms with Crippen LogP contribution in [-0.4, -0.2) is 146 Å². The molecular formula is C47H61N15O8. The molecule has 2 aliphatic rings. The van der Waals surface area contributed by atoms with Gasteiger partial charge in [-0.1, -0.05) is 0 Å². The molecule has 1 atom stereocenters. The minimum atomic E-state index is -0.688. The van der Waals surface area contributed by atoms with Crippen molar-refractivity contribution < 1.29 is 38.2 Å². The molecule has 23 heteroatoms. The summed E-state index contributed by atoms with van der Waals surface area (Å²) in [6.07, 6.45) is 1.48. The maximum Gasteiger partial charge on any atom is 0.276 e. The van der Waals surface area contributed by atoms with Crippen LogP contribution < -0.4 is 37.1 Å². The summed E-state index contributed by atoms with van der Waals surface area (Å²) >= 11 is 0. The summed E-state index contributed by atoms with van der Waals surface area (Å²) in [5.41, 5.74) is 17.0. The van der Waals surface area contributed by atoms with E-state index in [-0.39, 0.29) is 48.1 Å². The zero-order valence-electron chi connectivity index (χ0n) is 40.2. The van der Waals surface area contributed by atoms with E-state index in [1.807, 2.05) is 41.7 Å². The lowest BCUT2D eigenvalue weighted by Gasteiger charge is -2.36. The number of carbonyl (C=O) groups excluding carboxylic acids is 5. The molecule has 23 nitrogen and oxygen atoms in total. The van der Waals surface area contributed by atoms with Gasteiger partial charge in [-0.15, -0.1) is 0 Å². The molecule has 4 aromatic heterocycles. The van der Waals surface area contributed by atoms with E-state index in [1.54, 1.807) is 52.9 Å². The third-order valence-electron chi connectivity index (χ3n) is 12.5. The van der Waals surface area contributed by atoms with Crippen LogP contribution in [0.15, 0.2) is 36.4 Å². The summed E-state index contributed by atoms with van der Waals surface area (Å²) in [7, 11) is 1.62. The molecule has 8 rings (SSSR count). The summed E-state index contributed by atoms with van der Waals surface area (Å²) in [5.74, 6) is -1.41. The van der Waals surface area contributed by atoms with Gasteiger partial charge in [0.2, 0.25) is 29.6 Å². The Morgan fingerprint density at radius 1 is 0.771 bits per heavy atom. The highest BCUT2D eigenvalue weighted by atomic mass is 16.5. The van der Waals surface area contributed by atoms with Gasteiger partial charge in [0.05, 0.1) is 72.6 Å². The first-order valence-corrected chi connectivity index (χ1v) is 23.6. The van der Waals surface area contributed by atoms with E-state index in [1.165, 1.54) is 0 Å². The Kier molecular flexibility index (Phi) is 15.1. The van der Waals surface area contributed by atoms with Crippen molar-refractivity contribution in [3.63, 3.8) is 0 Å². The number of anilines is 3. The van der Waals surface area contributed by atoms with Gasteiger partial charge >= 0.3 is 0 Å². The Balaban J connectivity index is 1.12. The van der Waals surface area contributed by atoms with Crippen LogP contribution in [0.4, 0.5) is 17.6 Å². The Morgan fingerprint density at radius 3 is 2.01 bits per heavy atom. The number of hydrogen-bond acceptors (Lipinski definition) is 14. The van der Waals surface area contributed by atoms with Crippen molar-refractivity contribution in [2.24, 2.45) is 11.5 Å². The number of hydrogen-bond donors (Lipinski definition) is 5. The van der Waals surface area contributed by atoms with E-state index in [0.717, 1.165) is 5.69 Å². The van der Waals surface area contributed by atoms with E-state index in [2.05, 4.69) is 31.0 Å². The van der Waals surface area contributed by atoms with Gasteiger partial charge in [0.15, 0.2) is 0 Å². The van der Waals surface area contributed by atoms with Gasteiger partial charge in [0, 0.05) is 70.6 Å². The van der Waals surface area contributed by atoms with Crippen LogP contribution in [0.1, 0.15) is 92.2 Å². The molecule has 0 aliphatic carbocycles. The number of carbonyl (C=O) groups is 5. The summed E-state index contributed by atoms with van der Waals surface area (Å²) in [6.45, 7) is 13.4. The Morgan fingerprint density at radius 2 is 1.39 bits per heavy atom. The standard InChI is InChI=1S/C47H61N15O8/c1-6-60-36(20-28(3)55-60)44(66)53-46-51-34-23-31(43(49)65)25-38(70-16-9-11-50-39(63)27-57-13-18-69-19-14-57)41(34)59(46)12-8-10-32-26-58(15-17-68-5)35-24-30(42(48)64)22-33-40(35)62(32)47(52-33)54-45(67)37-21-29(4)56-61(37)7-2/h20-25,32H,6-19,26-27H2,1-5H3,(H2,48,64)(H2,49,65)(H,50,63)(H,51,53,66)(H,52,54,67)/t32-/m0/s1. The molecule has 0 bridgehead atoms. The number of nitrogens with one attached hydrogen (secondary N) is 3. The second-order valence-corrected chi connectivity index (χ2v) is 17.4. The van der Waals surface area contributed by atoms with Crippen LogP contribution in [0, 0.1) is 13.8 Å². The minimum absolute atomic E-state index is 0.0956. The fraction of sp³-hybridized carbons (Fsp3) is 0.468. The monoisotopic (exact) mass is 963 g/mol. The Hall–Kier alpha value is -7.37. The molecule has 5 amide bonds. The van der Waals surface area contributed by atoms with E-state index in [0.29, 0.717) is 142 Å². The number of nitrogens with zero attached hydrogens (tertiary/aromatic N) is 10. The van der Waals surface area contributed by atoms with Crippen LogP contribution in [0.25, 0.3) is 22.1 Å². The number of morpholine rings is 1. The maximum absolute atomic E-state index is 14.0. The van der Waals surface area contributed by atoms with Gasteiger partial charge in [-0.3, -0.25) is 48.9 Å². The van der Waals surface area contributed by atoms with Crippen LogP contribution in [-0.2, 0) is 33.9 Å². The zero-order valence-corrected chi connectivity index (χ0v) is 40.2. The normalized spacial score (nSPS) is 14.9. The van der Waals surface area contributed by atoms with Gasteiger partial charge in [-0.05, 0) is 83.4 Å². The third-order valence-corrected chi connectivity index (χ3v) is 12.5. The van der Waals surface area contributed by atoms with Crippen molar-refractivity contribution in [2.45, 2.75) is 72.6 Å². The van der Waals surface area contributed by atoms with E-state index in [4.69, 9.17) is 35.6 Å². The van der Waals surface area contributed by atoms with Crippen LogP contribution in [0.5, 0.6) is 5.75 Å². The number of methoxy groups -OCH3 is 1. The van der Waals surface area contributed by atoms with E-state index < -0.39 is 23.6 Å². The Labute approximate surface area is 403 Å². The largest absolute Gasteiger partial charge is 0.491 e. The SMILES string of the molecule is CCn1nc(C)cc1C(=O)Nc1nc2cc(C(N)=O)cc(OCCCNC(=O)CN3CCOCC3)c2n1CCC[C@H]1CN(CCOC)c2cc(C(N)=O)cc3nc(NC(=O)c4cc(C)nn4CC)n1c23. The number of nitrogens with two attached hydrogens (primary N) is 2. The predicted octanol–water partition coefficient (Wildman–Crippen LogP) is 2.84. The third kappa shape index (κ3) is 10.6. The highest BCUT2D eigenvalue weighted by Crippen LogP contribution is 2.41. The summed E-state index contributed by atoms with van der Waals surface area (Å²) in [6, 6.07) is 9.64. The van der Waals surface area contributed by atoms with Crippen LogP contribution in [0.2, 0.25) is 0 Å². The molecule has 70 heavy (non-hydrogen) atoms. The molecule has 0 saturated carbocycles. The number of benzene rings is 2. The quantitative estimate of drug-likeness (QED) is 0.0613. The number of aromatic nitrogens is 8. The molecule has 0 spiro atoms. The zero-order chi connectivity index (χ0) is 49.6. The molecule has 6 heterocycles. The van der Waals surface area contributed by atoms with Gasteiger partial charge < -0.3 is 45.0 Å². The molecule has 1 saturated heterocycles. The first-order chi connectivity index (χ1) is 33.8. The first-order valence-electron chi connectivity index (χ1n) is 23.6. The molecule has 6 aromatic rings. The van der Waals surface area contributed by atoms with E-state index in [9.17, 15) is 24.0 Å². The van der Waals surface area contributed by atoms with Crippen LogP contribution in [0.3, 0.4) is 0 Å². The van der Waals surface area contributed by atoms with Gasteiger partial charge in [-0.2, -0.15) is 10.2 Å². The maximum atomic E-state index is 14.0. The molecule has 2 aliphatic heterocycles. The second-order valence-electron chi connectivity index (χ2n) is 17.4. The fourth-order valence-corrected chi connectivity index (χ4v) is 9.16. The van der Waals surface area contributed by atoms with Gasteiger partial charge in [-0.25, -0.2) is 9.97 Å². The minimum Gasteiger partial charge on any atom is -0.491 e. The number of fused-ring (bicyclic) bond motifs is 1. The lowest BCUT2D eigenvalue weighted by Crippen LogP contribution is -2.43. The number of aryl methyl sites for hydroxylation is 5. The van der Waals surface area contributed by atoms with Gasteiger partial charge in [0.1, 0.15) is 22.7 Å². The van der Waals surface area contributed by atoms with Crippen molar-refractivity contribution in [3.8, 4) is 5.75 Å². The van der Waals surface area contributed by atoms with Crippen molar-refractivity contribution in [1.29, 1.82) is 0 Å². The predicted molar refractivity (Wildman–Crippen MR) is 260 cm³/mol. The molecule has 0 unspecified atom stereocenters. The van der Waals surface area contributed by atoms with Crippen molar-refractivity contribution in [1.82, 2.24) is 48.9 Å². The molecule has 7 N–H and O–H groups in total. The lowest BCUT2D eigenvalue weighted by molar-refractivity contribution is -0.123. The first kappa shape index (κ1) is 49.1. The average Bonchev–Trinajstić information content (AvgIpc) is 4.11. The average molecular weight is 964 g/mol. The number of rotatable bonds is 22. The number of primary amides is 2. The van der Waals surface area contributed by atoms with Gasteiger partial charge in [0.25, 0.3) is 11.8 Å². The molecule has 372 valence electrons. The highest BCUT2D eigenvalue weighted by molar-refractivity contribution is 6.06. The second kappa shape index (κ2) is 21.5. The van der Waals surface area contributed by atoms with Crippen LogP contribution >= 0.6 is 0 Å². The van der Waals surface area contributed by atoms with Crippen molar-refractivity contribution in [2.75, 3.05) is 88.3 Å². The Bertz CT molecular complexity index is 2930. The molecule has 2 aromatic carbocycles. The fourth-order valence-electron chi connectivity index (χ4n) is 9.16. The van der Waals surface area contributed by atoms with Crippen molar-refractivity contribution >= 4 is 69.2 Å². The number of amides is 5. The summed E-state index contributed by atoms with van der Waals surface area (Å²) in [5, 5.41) is 17.9. The molecule has 0 radical (unpaired) electrons. The summed E-state index contributed by atoms with van der Waals surface area (Å²) < 4.78 is 24.4. The number of ether oxygens (including phenoxy) is 3. The number of imidazole rings is 2. The highest BCUT2D eigenvalue weighted by Gasteiger charge is 2.33. The molecule has 1 fully saturated rings. The lowest BCUT2D eigenvalue weighted by atomic mass is 10.0.